The summed E-state index contributed by atoms with van der Waals surface area (Å²) in [5.74, 6) is -1.49. The molecule has 0 radical (unpaired) electrons. The molecule has 1 unspecified atom stereocenters. The highest BCUT2D eigenvalue weighted by molar-refractivity contribution is 7.09. The fourth-order valence-electron chi connectivity index (χ4n) is 2.41. The maximum atomic E-state index is 14.0. The summed E-state index contributed by atoms with van der Waals surface area (Å²) in [4.78, 5) is 1.34. The van der Waals surface area contributed by atoms with Gasteiger partial charge in [0.15, 0.2) is 11.6 Å². The van der Waals surface area contributed by atoms with Crippen LogP contribution in [0, 0.1) is 11.6 Å². The topological polar surface area (TPSA) is 12.0 Å². The summed E-state index contributed by atoms with van der Waals surface area (Å²) >= 11 is 1.74. The molecule has 0 aliphatic heterocycles. The maximum absolute atomic E-state index is 14.0. The predicted octanol–water partition coefficient (Wildman–Crippen LogP) is 5.09. The molecule has 1 nitrogen and oxygen atoms in total. The SMILES string of the molecule is CCCNC(CCCc1cccs1)c1cccc(F)c1F. The van der Waals surface area contributed by atoms with Crippen molar-refractivity contribution in [1.29, 1.82) is 0 Å². The van der Waals surface area contributed by atoms with E-state index in [-0.39, 0.29) is 6.04 Å². The average molecular weight is 309 g/mol. The third-order valence-electron chi connectivity index (χ3n) is 3.49. The van der Waals surface area contributed by atoms with Gasteiger partial charge in [0.25, 0.3) is 0 Å². The molecular weight excluding hydrogens is 288 g/mol. The quantitative estimate of drug-likeness (QED) is 0.716. The summed E-state index contributed by atoms with van der Waals surface area (Å²) in [7, 11) is 0. The Labute approximate surface area is 129 Å². The molecule has 1 heterocycles. The van der Waals surface area contributed by atoms with Crippen LogP contribution in [0.2, 0.25) is 0 Å². The zero-order chi connectivity index (χ0) is 15.1. The van der Waals surface area contributed by atoms with E-state index in [4.69, 9.17) is 0 Å². The molecule has 2 rings (SSSR count). The Morgan fingerprint density at radius 2 is 2.05 bits per heavy atom. The zero-order valence-corrected chi connectivity index (χ0v) is 13.1. The number of rotatable bonds is 8. The van der Waals surface area contributed by atoms with Crippen LogP contribution in [-0.2, 0) is 6.42 Å². The maximum Gasteiger partial charge on any atom is 0.163 e. The monoisotopic (exact) mass is 309 g/mol. The van der Waals surface area contributed by atoms with E-state index >= 15 is 0 Å². The van der Waals surface area contributed by atoms with Gasteiger partial charge in [-0.1, -0.05) is 25.1 Å². The van der Waals surface area contributed by atoms with Gasteiger partial charge in [-0.2, -0.15) is 0 Å². The Morgan fingerprint density at radius 3 is 2.76 bits per heavy atom. The van der Waals surface area contributed by atoms with Crippen molar-refractivity contribution in [3.8, 4) is 0 Å². The minimum Gasteiger partial charge on any atom is -0.310 e. The van der Waals surface area contributed by atoms with E-state index < -0.39 is 11.6 Å². The molecule has 2 aromatic rings. The number of hydrogen-bond acceptors (Lipinski definition) is 2. The van der Waals surface area contributed by atoms with Crippen molar-refractivity contribution in [1.82, 2.24) is 5.32 Å². The molecular formula is C17H21F2NS. The summed E-state index contributed by atoms with van der Waals surface area (Å²) in [5, 5.41) is 5.39. The molecule has 1 aromatic carbocycles. The van der Waals surface area contributed by atoms with Gasteiger partial charge in [-0.3, -0.25) is 0 Å². The van der Waals surface area contributed by atoms with Crippen molar-refractivity contribution in [3.05, 3.63) is 57.8 Å². The molecule has 1 N–H and O–H groups in total. The number of thiophene rings is 1. The van der Waals surface area contributed by atoms with Crippen LogP contribution in [0.4, 0.5) is 8.78 Å². The standard InChI is InChI=1S/C17H21F2NS/c1-2-11-20-16(10-3-6-13-7-5-12-21-13)14-8-4-9-15(18)17(14)19/h4-5,7-9,12,16,20H,2-3,6,10-11H2,1H3. The summed E-state index contributed by atoms with van der Waals surface area (Å²) in [6, 6.07) is 8.45. The first-order chi connectivity index (χ1) is 10.2. The van der Waals surface area contributed by atoms with E-state index in [2.05, 4.69) is 23.7 Å². The normalized spacial score (nSPS) is 12.5. The van der Waals surface area contributed by atoms with Gasteiger partial charge in [0.05, 0.1) is 0 Å². The summed E-state index contributed by atoms with van der Waals surface area (Å²) in [5.41, 5.74) is 0.439. The lowest BCUT2D eigenvalue weighted by Crippen LogP contribution is -2.23. The van der Waals surface area contributed by atoms with Gasteiger partial charge in [0.1, 0.15) is 0 Å². The van der Waals surface area contributed by atoms with Crippen LogP contribution in [0.1, 0.15) is 42.7 Å². The molecule has 0 aliphatic carbocycles. The van der Waals surface area contributed by atoms with Crippen molar-refractivity contribution in [2.45, 2.75) is 38.6 Å². The Hall–Kier alpha value is -1.26. The van der Waals surface area contributed by atoms with E-state index in [0.717, 1.165) is 32.2 Å². The van der Waals surface area contributed by atoms with Crippen LogP contribution in [0.5, 0.6) is 0 Å². The first kappa shape index (κ1) is 16.1. The summed E-state index contributed by atoms with van der Waals surface area (Å²) < 4.78 is 27.4. The molecule has 1 atom stereocenters. The number of aryl methyl sites for hydroxylation is 1. The van der Waals surface area contributed by atoms with Crippen LogP contribution >= 0.6 is 11.3 Å². The molecule has 4 heteroatoms. The van der Waals surface area contributed by atoms with Crippen molar-refractivity contribution in [2.75, 3.05) is 6.54 Å². The molecule has 0 saturated heterocycles. The Kier molecular flexibility index (Phi) is 6.33. The van der Waals surface area contributed by atoms with E-state index in [0.29, 0.717) is 5.56 Å². The third-order valence-corrected chi connectivity index (χ3v) is 4.43. The van der Waals surface area contributed by atoms with Crippen LogP contribution in [0.25, 0.3) is 0 Å². The predicted molar refractivity (Wildman–Crippen MR) is 84.6 cm³/mol. The first-order valence-electron chi connectivity index (χ1n) is 7.42. The highest BCUT2D eigenvalue weighted by Crippen LogP contribution is 2.24. The minimum absolute atomic E-state index is 0.124. The van der Waals surface area contributed by atoms with Crippen LogP contribution in [0.15, 0.2) is 35.7 Å². The summed E-state index contributed by atoms with van der Waals surface area (Å²) in [6.45, 7) is 2.87. The molecule has 0 saturated carbocycles. The van der Waals surface area contributed by atoms with Crippen LogP contribution in [-0.4, -0.2) is 6.54 Å². The Morgan fingerprint density at radius 1 is 1.19 bits per heavy atom. The highest BCUT2D eigenvalue weighted by atomic mass is 32.1. The van der Waals surface area contributed by atoms with Crippen LogP contribution < -0.4 is 5.32 Å². The number of hydrogen-bond donors (Lipinski definition) is 1. The largest absolute Gasteiger partial charge is 0.310 e. The van der Waals surface area contributed by atoms with Gasteiger partial charge in [-0.15, -0.1) is 11.3 Å². The zero-order valence-electron chi connectivity index (χ0n) is 12.2. The number of halogens is 2. The van der Waals surface area contributed by atoms with E-state index in [1.54, 1.807) is 23.5 Å². The van der Waals surface area contributed by atoms with Crippen molar-refractivity contribution >= 4 is 11.3 Å². The smallest absolute Gasteiger partial charge is 0.163 e. The molecule has 0 amide bonds. The first-order valence-corrected chi connectivity index (χ1v) is 8.30. The summed E-state index contributed by atoms with van der Waals surface area (Å²) in [6.07, 6.45) is 3.72. The Bertz CT molecular complexity index is 540. The molecule has 21 heavy (non-hydrogen) atoms. The van der Waals surface area contributed by atoms with E-state index in [1.165, 1.54) is 10.9 Å². The van der Waals surface area contributed by atoms with Crippen molar-refractivity contribution < 1.29 is 8.78 Å². The molecule has 114 valence electrons. The third kappa shape index (κ3) is 4.61. The van der Waals surface area contributed by atoms with E-state index in [9.17, 15) is 8.78 Å². The van der Waals surface area contributed by atoms with Gasteiger partial charge < -0.3 is 5.32 Å². The minimum atomic E-state index is -0.769. The second kappa shape index (κ2) is 8.25. The fourth-order valence-corrected chi connectivity index (χ4v) is 3.16. The van der Waals surface area contributed by atoms with Gasteiger partial charge in [0.2, 0.25) is 0 Å². The second-order valence-electron chi connectivity index (χ2n) is 5.12. The second-order valence-corrected chi connectivity index (χ2v) is 6.15. The lowest BCUT2D eigenvalue weighted by molar-refractivity contribution is 0.439. The Balaban J connectivity index is 2.01. The van der Waals surface area contributed by atoms with Gasteiger partial charge in [-0.25, -0.2) is 8.78 Å². The lowest BCUT2D eigenvalue weighted by Gasteiger charge is -2.19. The lowest BCUT2D eigenvalue weighted by atomic mass is 9.99. The molecule has 0 spiro atoms. The van der Waals surface area contributed by atoms with E-state index in [1.807, 2.05) is 6.07 Å². The van der Waals surface area contributed by atoms with Crippen molar-refractivity contribution in [2.24, 2.45) is 0 Å². The van der Waals surface area contributed by atoms with Crippen molar-refractivity contribution in [3.63, 3.8) is 0 Å². The number of nitrogens with one attached hydrogen (secondary N) is 1. The highest BCUT2D eigenvalue weighted by Gasteiger charge is 2.17. The van der Waals surface area contributed by atoms with Gasteiger partial charge in [-0.05, 0) is 49.7 Å². The average Bonchev–Trinajstić information content (AvgIpc) is 2.99. The van der Waals surface area contributed by atoms with Gasteiger partial charge in [0, 0.05) is 16.5 Å². The van der Waals surface area contributed by atoms with Gasteiger partial charge >= 0.3 is 0 Å². The molecule has 0 aliphatic rings. The molecule has 0 fully saturated rings. The molecule has 1 aromatic heterocycles. The number of benzene rings is 1. The van der Waals surface area contributed by atoms with Crippen LogP contribution in [0.3, 0.4) is 0 Å². The fraction of sp³-hybridized carbons (Fsp3) is 0.412. The molecule has 0 bridgehead atoms.